The Balaban J connectivity index is 2.21. The first-order chi connectivity index (χ1) is 12.0. The van der Waals surface area contributed by atoms with E-state index in [1.807, 2.05) is 0 Å². The van der Waals surface area contributed by atoms with E-state index in [2.05, 4.69) is 10.4 Å². The molecule has 2 rings (SSSR count). The van der Waals surface area contributed by atoms with Crippen LogP contribution in [0.3, 0.4) is 0 Å². The van der Waals surface area contributed by atoms with Gasteiger partial charge in [-0.15, -0.1) is 0 Å². The summed E-state index contributed by atoms with van der Waals surface area (Å²) in [6.45, 7) is -0.130. The molecule has 0 radical (unpaired) electrons. The van der Waals surface area contributed by atoms with Crippen molar-refractivity contribution in [3.63, 3.8) is 0 Å². The van der Waals surface area contributed by atoms with Gasteiger partial charge >= 0.3 is 5.51 Å². The second-order valence-electron chi connectivity index (χ2n) is 5.65. The van der Waals surface area contributed by atoms with E-state index in [0.29, 0.717) is 5.56 Å². The average Bonchev–Trinajstić information content (AvgIpc) is 2.95. The first-order valence-electron chi connectivity index (χ1n) is 7.43. The number of nitrogens with two attached hydrogens (primary N) is 1. The first-order valence-corrected chi connectivity index (χ1v) is 8.92. The largest absolute Gasteiger partial charge is 0.501 e. The second kappa shape index (κ2) is 7.36. The standard InChI is InChI=1S/C15H17F3N4O3S/c1-22-9-10(7-21-22)6-11(14(19)23)8-20-12-4-2-3-5-13(12)26(24,25)15(16,17)18/h2-5,7,9,11,20H,6,8H2,1H3,(H2,19,23)/t11-/m1/s1. The molecule has 1 amide bonds. The van der Waals surface area contributed by atoms with Crippen molar-refractivity contribution in [1.82, 2.24) is 9.78 Å². The minimum atomic E-state index is -5.52. The van der Waals surface area contributed by atoms with E-state index in [4.69, 9.17) is 5.73 Å². The van der Waals surface area contributed by atoms with E-state index >= 15 is 0 Å². The van der Waals surface area contributed by atoms with E-state index in [1.165, 1.54) is 29.1 Å². The molecule has 2 aromatic rings. The van der Waals surface area contributed by atoms with Gasteiger partial charge in [0.25, 0.3) is 9.84 Å². The number of hydrogen-bond acceptors (Lipinski definition) is 5. The third-order valence-electron chi connectivity index (χ3n) is 3.66. The second-order valence-corrected chi connectivity index (χ2v) is 7.56. The van der Waals surface area contributed by atoms with E-state index in [9.17, 15) is 26.4 Å². The molecule has 1 atom stereocenters. The number of para-hydroxylation sites is 1. The molecule has 1 aromatic carbocycles. The van der Waals surface area contributed by atoms with Crippen molar-refractivity contribution in [2.24, 2.45) is 18.7 Å². The third kappa shape index (κ3) is 4.34. The maximum atomic E-state index is 12.8. The van der Waals surface area contributed by atoms with Crippen LogP contribution in [0.15, 0.2) is 41.6 Å². The fraction of sp³-hybridized carbons (Fsp3) is 0.333. The molecular formula is C15H17F3N4O3S. The monoisotopic (exact) mass is 390 g/mol. The van der Waals surface area contributed by atoms with Gasteiger partial charge < -0.3 is 11.1 Å². The van der Waals surface area contributed by atoms with Crippen LogP contribution in [0, 0.1) is 5.92 Å². The molecule has 0 aliphatic rings. The topological polar surface area (TPSA) is 107 Å². The van der Waals surface area contributed by atoms with E-state index in [1.54, 1.807) is 13.2 Å². The number of primary amides is 1. The molecule has 0 aliphatic carbocycles. The number of alkyl halides is 3. The molecular weight excluding hydrogens is 373 g/mol. The third-order valence-corrected chi connectivity index (χ3v) is 5.21. The summed E-state index contributed by atoms with van der Waals surface area (Å²) in [6, 6.07) is 4.62. The number of halogens is 3. The lowest BCUT2D eigenvalue weighted by Gasteiger charge is -2.17. The normalized spacial score (nSPS) is 13.4. The molecule has 142 valence electrons. The number of hydrogen-bond donors (Lipinski definition) is 2. The molecule has 0 fully saturated rings. The van der Waals surface area contributed by atoms with Crippen LogP contribution in [0.5, 0.6) is 0 Å². The Morgan fingerprint density at radius 2 is 2.00 bits per heavy atom. The molecule has 1 heterocycles. The van der Waals surface area contributed by atoms with Crippen LogP contribution in [0.2, 0.25) is 0 Å². The smallest absolute Gasteiger partial charge is 0.383 e. The first kappa shape index (κ1) is 19.8. The van der Waals surface area contributed by atoms with E-state index in [0.717, 1.165) is 6.07 Å². The van der Waals surface area contributed by atoms with Crippen LogP contribution >= 0.6 is 0 Å². The van der Waals surface area contributed by atoms with Crippen molar-refractivity contribution in [3.05, 3.63) is 42.2 Å². The van der Waals surface area contributed by atoms with Crippen LogP contribution < -0.4 is 11.1 Å². The summed E-state index contributed by atoms with van der Waals surface area (Å²) in [6.07, 6.45) is 3.43. The van der Waals surface area contributed by atoms with Crippen LogP contribution in [0.25, 0.3) is 0 Å². The number of nitrogens with zero attached hydrogens (tertiary/aromatic N) is 2. The molecule has 26 heavy (non-hydrogen) atoms. The van der Waals surface area contributed by atoms with Gasteiger partial charge in [0.1, 0.15) is 0 Å². The molecule has 0 aliphatic heterocycles. The van der Waals surface area contributed by atoms with Gasteiger partial charge in [-0.3, -0.25) is 9.48 Å². The summed E-state index contributed by atoms with van der Waals surface area (Å²) in [7, 11) is -3.83. The zero-order valence-corrected chi connectivity index (χ0v) is 14.5. The number of aryl methyl sites for hydroxylation is 1. The van der Waals surface area contributed by atoms with Crippen LogP contribution in [-0.4, -0.2) is 36.2 Å². The van der Waals surface area contributed by atoms with Crippen molar-refractivity contribution in [1.29, 1.82) is 0 Å². The summed E-state index contributed by atoms with van der Waals surface area (Å²) in [5.74, 6) is -1.43. The van der Waals surface area contributed by atoms with Crippen LogP contribution in [0.1, 0.15) is 5.56 Å². The number of carbonyl (C=O) groups is 1. The number of anilines is 1. The number of aromatic nitrogens is 2. The molecule has 0 bridgehead atoms. The predicted octanol–water partition coefficient (Wildman–Crippen LogP) is 1.47. The van der Waals surface area contributed by atoms with E-state index in [-0.39, 0.29) is 18.7 Å². The van der Waals surface area contributed by atoms with Crippen molar-refractivity contribution in [2.45, 2.75) is 16.8 Å². The fourth-order valence-electron chi connectivity index (χ4n) is 2.34. The van der Waals surface area contributed by atoms with Crippen LogP contribution in [-0.2, 0) is 28.1 Å². The van der Waals surface area contributed by atoms with Crippen molar-refractivity contribution >= 4 is 21.4 Å². The Morgan fingerprint density at radius 1 is 1.35 bits per heavy atom. The van der Waals surface area contributed by atoms with E-state index < -0.39 is 32.1 Å². The number of rotatable bonds is 7. The van der Waals surface area contributed by atoms with Gasteiger partial charge in [0.2, 0.25) is 5.91 Å². The van der Waals surface area contributed by atoms with Gasteiger partial charge in [-0.1, -0.05) is 12.1 Å². The van der Waals surface area contributed by atoms with Crippen LogP contribution in [0.4, 0.5) is 18.9 Å². The number of amides is 1. The number of benzene rings is 1. The zero-order valence-electron chi connectivity index (χ0n) is 13.7. The summed E-state index contributed by atoms with van der Waals surface area (Å²) < 4.78 is 63.3. The highest BCUT2D eigenvalue weighted by molar-refractivity contribution is 7.92. The number of sulfone groups is 1. The van der Waals surface area contributed by atoms with Gasteiger partial charge in [0.05, 0.1) is 22.7 Å². The summed E-state index contributed by atoms with van der Waals surface area (Å²) >= 11 is 0. The average molecular weight is 390 g/mol. The van der Waals surface area contributed by atoms with Crippen molar-refractivity contribution < 1.29 is 26.4 Å². The lowest BCUT2D eigenvalue weighted by atomic mass is 10.0. The van der Waals surface area contributed by atoms with Gasteiger partial charge in [0.15, 0.2) is 0 Å². The minimum absolute atomic E-state index is 0.130. The molecule has 0 saturated carbocycles. The van der Waals surface area contributed by atoms with Crippen molar-refractivity contribution in [3.8, 4) is 0 Å². The lowest BCUT2D eigenvalue weighted by molar-refractivity contribution is -0.121. The maximum absolute atomic E-state index is 12.8. The zero-order chi connectivity index (χ0) is 19.5. The highest BCUT2D eigenvalue weighted by atomic mass is 32.2. The van der Waals surface area contributed by atoms with Gasteiger partial charge in [-0.2, -0.15) is 18.3 Å². The number of nitrogens with one attached hydrogen (secondary N) is 1. The molecule has 3 N–H and O–H groups in total. The molecule has 0 unspecified atom stereocenters. The Labute approximate surface area is 147 Å². The Morgan fingerprint density at radius 3 is 2.54 bits per heavy atom. The Kier molecular flexibility index (Phi) is 5.59. The number of carbonyl (C=O) groups excluding carboxylic acids is 1. The predicted molar refractivity (Wildman–Crippen MR) is 87.8 cm³/mol. The fourth-order valence-corrected chi connectivity index (χ4v) is 3.28. The molecule has 11 heteroatoms. The molecule has 0 saturated heterocycles. The minimum Gasteiger partial charge on any atom is -0.383 e. The molecule has 7 nitrogen and oxygen atoms in total. The summed E-state index contributed by atoms with van der Waals surface area (Å²) in [4.78, 5) is 10.7. The van der Waals surface area contributed by atoms with Gasteiger partial charge in [0, 0.05) is 19.8 Å². The SMILES string of the molecule is Cn1cc(C[C@H](CNc2ccccc2S(=O)(=O)C(F)(F)F)C(N)=O)cn1. The maximum Gasteiger partial charge on any atom is 0.501 e. The summed E-state index contributed by atoms with van der Waals surface area (Å²) in [5, 5.41) is 6.55. The Hall–Kier alpha value is -2.56. The summed E-state index contributed by atoms with van der Waals surface area (Å²) in [5.41, 5.74) is 0.386. The molecule has 1 aromatic heterocycles. The van der Waals surface area contributed by atoms with Crippen molar-refractivity contribution in [2.75, 3.05) is 11.9 Å². The molecule has 0 spiro atoms. The van der Waals surface area contributed by atoms with Gasteiger partial charge in [-0.25, -0.2) is 8.42 Å². The lowest BCUT2D eigenvalue weighted by Crippen LogP contribution is -2.31. The quantitative estimate of drug-likeness (QED) is 0.745. The highest BCUT2D eigenvalue weighted by Crippen LogP contribution is 2.34. The highest BCUT2D eigenvalue weighted by Gasteiger charge is 2.47. The van der Waals surface area contributed by atoms with Gasteiger partial charge in [-0.05, 0) is 24.1 Å². The Bertz CT molecular complexity index is 894.